The van der Waals surface area contributed by atoms with Crippen LogP contribution in [0.25, 0.3) is 0 Å². The lowest BCUT2D eigenvalue weighted by Crippen LogP contribution is -2.57. The molecule has 5 atom stereocenters. The first-order chi connectivity index (χ1) is 20.8. The maximum Gasteiger partial charge on any atom is 0.326 e. The van der Waals surface area contributed by atoms with Crippen molar-refractivity contribution in [2.75, 3.05) is 13.1 Å². The minimum absolute atomic E-state index is 0.00784. The van der Waals surface area contributed by atoms with Gasteiger partial charge in [0.2, 0.25) is 35.4 Å². The van der Waals surface area contributed by atoms with Crippen molar-refractivity contribution in [2.24, 2.45) is 33.8 Å². The number of carbonyl (C=O) groups excluding carboxylic acids is 6. The zero-order valence-electron chi connectivity index (χ0n) is 25.3. The van der Waals surface area contributed by atoms with E-state index >= 15 is 0 Å². The average molecular weight is 645 g/mol. The molecular weight excluding hydrogens is 600 g/mol. The molecule has 0 aromatic rings. The third-order valence-electron chi connectivity index (χ3n) is 5.81. The lowest BCUT2D eigenvalue weighted by molar-refractivity contribution is -0.144. The molecule has 0 aliphatic heterocycles. The van der Waals surface area contributed by atoms with Crippen molar-refractivity contribution in [1.82, 2.24) is 26.6 Å². The molecule has 0 bridgehead atoms. The Kier molecular flexibility index (Phi) is 17.8. The molecule has 15 N–H and O–H groups in total. The molecule has 254 valence electrons. The summed E-state index contributed by atoms with van der Waals surface area (Å²) in [6.45, 7) is 4.36. The first kappa shape index (κ1) is 40.0. The molecule has 0 aliphatic carbocycles. The molecule has 20 nitrogen and oxygen atoms in total. The standard InChI is InChI=1S/C25H44N10O10/c1-11(2)7-14(34-20(40)12(3)26)22(42)33-13(5-4-6-30-25(28)29)21(41)31-10-18(37)32-15(9-19(38)39)23(43)35-16(24(44)45)8-17(27)36/h11-16H,4-10,26H2,1-3H3,(H2,27,36)(H,31,41)(H,32,37)(H,33,42)(H,34,40)(H,35,43)(H,38,39)(H,44,45)(H4,28,29,30)/t12-,13-,14-,15-,16-/m0/s1. The second kappa shape index (κ2) is 20.0. The lowest BCUT2D eigenvalue weighted by atomic mass is 10.0. The second-order valence-electron chi connectivity index (χ2n) is 10.5. The van der Waals surface area contributed by atoms with Gasteiger partial charge in [0.1, 0.15) is 24.2 Å². The number of nitrogens with two attached hydrogens (primary N) is 4. The molecule has 6 amide bonds. The van der Waals surface area contributed by atoms with Gasteiger partial charge in [-0.15, -0.1) is 0 Å². The number of carbonyl (C=O) groups is 8. The summed E-state index contributed by atoms with van der Waals surface area (Å²) in [6.07, 6.45) is -1.35. The Balaban J connectivity index is 5.68. The van der Waals surface area contributed by atoms with Gasteiger partial charge in [-0.05, 0) is 32.1 Å². The maximum absolute atomic E-state index is 13.1. The first-order valence-electron chi connectivity index (χ1n) is 13.9. The highest BCUT2D eigenvalue weighted by molar-refractivity contribution is 5.96. The van der Waals surface area contributed by atoms with Crippen LogP contribution in [0.5, 0.6) is 0 Å². The molecule has 0 unspecified atom stereocenters. The number of carboxylic acid groups (broad SMARTS) is 2. The van der Waals surface area contributed by atoms with Crippen molar-refractivity contribution >= 4 is 53.3 Å². The minimum atomic E-state index is -1.79. The number of primary amides is 1. The number of amides is 6. The van der Waals surface area contributed by atoms with E-state index in [1.54, 1.807) is 0 Å². The Labute approximate surface area is 258 Å². The van der Waals surface area contributed by atoms with E-state index in [4.69, 9.17) is 28.0 Å². The number of hydrogen-bond acceptors (Lipinski definition) is 10. The number of aliphatic carboxylic acids is 2. The summed E-state index contributed by atoms with van der Waals surface area (Å²) in [7, 11) is 0. The van der Waals surface area contributed by atoms with Crippen molar-refractivity contribution in [3.63, 3.8) is 0 Å². The first-order valence-corrected chi connectivity index (χ1v) is 13.9. The third-order valence-corrected chi connectivity index (χ3v) is 5.81. The van der Waals surface area contributed by atoms with E-state index in [-0.39, 0.29) is 37.7 Å². The Morgan fingerprint density at radius 1 is 0.711 bits per heavy atom. The van der Waals surface area contributed by atoms with Crippen molar-refractivity contribution in [1.29, 1.82) is 0 Å². The van der Waals surface area contributed by atoms with Crippen LogP contribution in [-0.2, 0) is 38.4 Å². The largest absolute Gasteiger partial charge is 0.481 e. The van der Waals surface area contributed by atoms with Crippen LogP contribution in [0.2, 0.25) is 0 Å². The Morgan fingerprint density at radius 3 is 1.76 bits per heavy atom. The van der Waals surface area contributed by atoms with Crippen molar-refractivity contribution in [3.8, 4) is 0 Å². The fraction of sp³-hybridized carbons (Fsp3) is 0.640. The zero-order chi connectivity index (χ0) is 34.9. The molecule has 0 aromatic carbocycles. The second-order valence-corrected chi connectivity index (χ2v) is 10.5. The number of hydrogen-bond donors (Lipinski definition) is 11. The van der Waals surface area contributed by atoms with E-state index in [1.807, 2.05) is 19.2 Å². The maximum atomic E-state index is 13.1. The molecule has 0 radical (unpaired) electrons. The van der Waals surface area contributed by atoms with Crippen LogP contribution in [0, 0.1) is 5.92 Å². The van der Waals surface area contributed by atoms with Gasteiger partial charge in [-0.1, -0.05) is 13.8 Å². The Hall–Kier alpha value is -5.01. The number of rotatable bonds is 21. The highest BCUT2D eigenvalue weighted by Gasteiger charge is 2.31. The van der Waals surface area contributed by atoms with Crippen LogP contribution >= 0.6 is 0 Å². The molecule has 20 heteroatoms. The minimum Gasteiger partial charge on any atom is -0.481 e. The van der Waals surface area contributed by atoms with E-state index in [1.165, 1.54) is 6.92 Å². The van der Waals surface area contributed by atoms with E-state index in [0.717, 1.165) is 0 Å². The number of nitrogens with zero attached hydrogens (tertiary/aromatic N) is 1. The van der Waals surface area contributed by atoms with Crippen molar-refractivity contribution < 1.29 is 48.6 Å². The summed E-state index contributed by atoms with van der Waals surface area (Å²) in [5, 5.41) is 29.6. The molecule has 0 fully saturated rings. The van der Waals surface area contributed by atoms with Crippen LogP contribution in [0.3, 0.4) is 0 Å². The molecule has 0 rings (SSSR count). The molecule has 45 heavy (non-hydrogen) atoms. The molecular formula is C25H44N10O10. The lowest BCUT2D eigenvalue weighted by Gasteiger charge is -2.25. The van der Waals surface area contributed by atoms with Gasteiger partial charge in [0, 0.05) is 6.54 Å². The molecule has 0 aliphatic rings. The van der Waals surface area contributed by atoms with Gasteiger partial charge < -0.3 is 59.7 Å². The van der Waals surface area contributed by atoms with Crippen LogP contribution in [-0.4, -0.2) is 107 Å². The smallest absolute Gasteiger partial charge is 0.326 e. The van der Waals surface area contributed by atoms with Gasteiger partial charge in [-0.3, -0.25) is 38.6 Å². The predicted octanol–water partition coefficient (Wildman–Crippen LogP) is -5.08. The van der Waals surface area contributed by atoms with Crippen LogP contribution in [0.1, 0.15) is 52.9 Å². The van der Waals surface area contributed by atoms with Crippen molar-refractivity contribution in [2.45, 2.75) is 83.1 Å². The topological polar surface area (TPSA) is 354 Å². The number of carboxylic acids is 2. The Morgan fingerprint density at radius 2 is 1.27 bits per heavy atom. The normalized spacial score (nSPS) is 14.0. The number of nitrogens with one attached hydrogen (secondary N) is 5. The summed E-state index contributed by atoms with van der Waals surface area (Å²) >= 11 is 0. The highest BCUT2D eigenvalue weighted by atomic mass is 16.4. The van der Waals surface area contributed by atoms with Crippen LogP contribution in [0.15, 0.2) is 4.99 Å². The van der Waals surface area contributed by atoms with E-state index in [0.29, 0.717) is 0 Å². The summed E-state index contributed by atoms with van der Waals surface area (Å²) in [6, 6.07) is -6.77. The molecule has 0 aromatic heterocycles. The zero-order valence-corrected chi connectivity index (χ0v) is 25.3. The van der Waals surface area contributed by atoms with E-state index < -0.39 is 97.0 Å². The summed E-state index contributed by atoms with van der Waals surface area (Å²) in [4.78, 5) is 101. The Bertz CT molecular complexity index is 1120. The molecule has 0 heterocycles. The van der Waals surface area contributed by atoms with E-state index in [2.05, 4.69) is 26.3 Å². The summed E-state index contributed by atoms with van der Waals surface area (Å²) in [5.74, 6) is -8.88. The van der Waals surface area contributed by atoms with Gasteiger partial charge in [-0.25, -0.2) is 4.79 Å². The van der Waals surface area contributed by atoms with Gasteiger partial charge in [-0.2, -0.15) is 0 Å². The molecule has 0 saturated heterocycles. The van der Waals surface area contributed by atoms with Crippen LogP contribution in [0.4, 0.5) is 0 Å². The monoisotopic (exact) mass is 644 g/mol. The van der Waals surface area contributed by atoms with Crippen LogP contribution < -0.4 is 49.5 Å². The van der Waals surface area contributed by atoms with Crippen molar-refractivity contribution in [3.05, 3.63) is 0 Å². The van der Waals surface area contributed by atoms with Gasteiger partial charge in [0.15, 0.2) is 5.96 Å². The fourth-order valence-electron chi connectivity index (χ4n) is 3.64. The highest BCUT2D eigenvalue weighted by Crippen LogP contribution is 2.07. The molecule has 0 spiro atoms. The molecule has 0 saturated carbocycles. The van der Waals surface area contributed by atoms with Gasteiger partial charge in [0.05, 0.1) is 25.4 Å². The number of aliphatic imine (C=N–C) groups is 1. The third kappa shape index (κ3) is 17.6. The quantitative estimate of drug-likeness (QED) is 0.0317. The van der Waals surface area contributed by atoms with Gasteiger partial charge >= 0.3 is 11.9 Å². The SMILES string of the molecule is CC(C)C[C@H](NC(=O)[C@H](C)N)C(=O)N[C@@H](CCCN=C(N)N)C(=O)NCC(=O)N[C@@H](CC(=O)O)C(=O)N[C@@H](CC(N)=O)C(=O)O. The predicted molar refractivity (Wildman–Crippen MR) is 157 cm³/mol. The van der Waals surface area contributed by atoms with Gasteiger partial charge in [0.25, 0.3) is 0 Å². The summed E-state index contributed by atoms with van der Waals surface area (Å²) in [5.41, 5.74) is 21.2. The van der Waals surface area contributed by atoms with E-state index in [9.17, 15) is 43.5 Å². The summed E-state index contributed by atoms with van der Waals surface area (Å²) < 4.78 is 0. The number of guanidine groups is 1. The fourth-order valence-corrected chi connectivity index (χ4v) is 3.64. The average Bonchev–Trinajstić information content (AvgIpc) is 2.90.